The van der Waals surface area contributed by atoms with Gasteiger partial charge >= 0.3 is 5.97 Å². The molecule has 0 aliphatic carbocycles. The molecule has 0 heterocycles. The van der Waals surface area contributed by atoms with Crippen molar-refractivity contribution in [1.82, 2.24) is 0 Å². The summed E-state index contributed by atoms with van der Waals surface area (Å²) in [4.78, 5) is 22.4. The number of carbonyl (C=O) groups is 2. The second-order valence-corrected chi connectivity index (χ2v) is 3.84. The van der Waals surface area contributed by atoms with Crippen molar-refractivity contribution >= 4 is 11.8 Å². The number of hydrogen-bond acceptors (Lipinski definition) is 4. The molecule has 0 radical (unpaired) electrons. The van der Waals surface area contributed by atoms with Crippen molar-refractivity contribution in [3.8, 4) is 11.5 Å². The van der Waals surface area contributed by atoms with Crippen LogP contribution in [0.5, 0.6) is 11.5 Å². The first-order valence-electron chi connectivity index (χ1n) is 5.47. The van der Waals surface area contributed by atoms with Crippen LogP contribution >= 0.6 is 0 Å². The molecule has 1 aromatic carbocycles. The van der Waals surface area contributed by atoms with E-state index in [-0.39, 0.29) is 18.6 Å². The minimum absolute atomic E-state index is 0.0428. The number of rotatable bonds is 6. The molecule has 0 bridgehead atoms. The van der Waals surface area contributed by atoms with Crippen LogP contribution < -0.4 is 9.47 Å². The Morgan fingerprint density at radius 2 is 1.83 bits per heavy atom. The van der Waals surface area contributed by atoms with Crippen molar-refractivity contribution in [3.63, 3.8) is 0 Å². The molecule has 0 spiro atoms. The Morgan fingerprint density at radius 3 is 2.33 bits per heavy atom. The molecule has 5 heteroatoms. The Balaban J connectivity index is 3.06. The highest BCUT2D eigenvalue weighted by Gasteiger charge is 2.17. The number of hydrogen-bond donors (Lipinski definition) is 1. The smallest absolute Gasteiger partial charge is 0.303 e. The predicted molar refractivity (Wildman–Crippen MR) is 65.5 cm³/mol. The standard InChI is InChI=1S/C13H16O5/c1-8-6-9(17-2)7-11(18-3)13(8)10(14)4-5-12(15)16/h6-7H,4-5H2,1-3H3,(H,15,16). The number of methoxy groups -OCH3 is 2. The molecule has 1 aromatic rings. The third-order valence-electron chi connectivity index (χ3n) is 2.57. The second-order valence-electron chi connectivity index (χ2n) is 3.84. The first kappa shape index (κ1) is 14.0. The summed E-state index contributed by atoms with van der Waals surface area (Å²) in [5.74, 6) is -0.232. The molecule has 0 saturated carbocycles. The SMILES string of the molecule is COc1cc(C)c(C(=O)CCC(=O)O)c(OC)c1. The van der Waals surface area contributed by atoms with Gasteiger partial charge < -0.3 is 14.6 Å². The van der Waals surface area contributed by atoms with E-state index in [1.807, 2.05) is 0 Å². The minimum Gasteiger partial charge on any atom is -0.497 e. The normalized spacial score (nSPS) is 9.94. The minimum atomic E-state index is -0.992. The zero-order valence-corrected chi connectivity index (χ0v) is 10.6. The van der Waals surface area contributed by atoms with E-state index in [2.05, 4.69) is 0 Å². The van der Waals surface area contributed by atoms with Crippen molar-refractivity contribution in [2.45, 2.75) is 19.8 Å². The van der Waals surface area contributed by atoms with Crippen LogP contribution in [0.15, 0.2) is 12.1 Å². The highest BCUT2D eigenvalue weighted by atomic mass is 16.5. The number of benzene rings is 1. The lowest BCUT2D eigenvalue weighted by Gasteiger charge is -2.12. The topological polar surface area (TPSA) is 72.8 Å². The number of ether oxygens (including phenoxy) is 2. The van der Waals surface area contributed by atoms with E-state index in [1.54, 1.807) is 19.1 Å². The number of aryl methyl sites for hydroxylation is 1. The molecule has 0 atom stereocenters. The van der Waals surface area contributed by atoms with Crippen molar-refractivity contribution in [2.24, 2.45) is 0 Å². The number of carbonyl (C=O) groups excluding carboxylic acids is 1. The molecule has 18 heavy (non-hydrogen) atoms. The van der Waals surface area contributed by atoms with Gasteiger partial charge in [0, 0.05) is 12.5 Å². The zero-order valence-electron chi connectivity index (χ0n) is 10.6. The molecular formula is C13H16O5. The van der Waals surface area contributed by atoms with Gasteiger partial charge in [0.2, 0.25) is 0 Å². The summed E-state index contributed by atoms with van der Waals surface area (Å²) in [6.45, 7) is 1.76. The predicted octanol–water partition coefficient (Wildman–Crippen LogP) is 2.06. The van der Waals surface area contributed by atoms with Gasteiger partial charge in [0.25, 0.3) is 0 Å². The molecule has 0 amide bonds. The van der Waals surface area contributed by atoms with Gasteiger partial charge in [0.05, 0.1) is 26.2 Å². The second kappa shape index (κ2) is 6.05. The third kappa shape index (κ3) is 3.23. The molecule has 0 unspecified atom stereocenters. The Hall–Kier alpha value is -2.04. The fraction of sp³-hybridized carbons (Fsp3) is 0.385. The van der Waals surface area contributed by atoms with Crippen LogP contribution in [0.25, 0.3) is 0 Å². The average Bonchev–Trinajstić information content (AvgIpc) is 2.34. The number of carboxylic acid groups (broad SMARTS) is 1. The summed E-state index contributed by atoms with van der Waals surface area (Å²) in [5.41, 5.74) is 1.13. The highest BCUT2D eigenvalue weighted by Crippen LogP contribution is 2.29. The van der Waals surface area contributed by atoms with Gasteiger partial charge in [-0.2, -0.15) is 0 Å². The summed E-state index contributed by atoms with van der Waals surface area (Å²) >= 11 is 0. The van der Waals surface area contributed by atoms with E-state index in [9.17, 15) is 9.59 Å². The van der Waals surface area contributed by atoms with E-state index in [0.717, 1.165) is 0 Å². The van der Waals surface area contributed by atoms with E-state index >= 15 is 0 Å². The lowest BCUT2D eigenvalue weighted by atomic mass is 10.00. The first-order chi connectivity index (χ1) is 8.49. The van der Waals surface area contributed by atoms with Gasteiger partial charge in [0.1, 0.15) is 11.5 Å². The summed E-state index contributed by atoms with van der Waals surface area (Å²) in [5, 5.41) is 8.58. The van der Waals surface area contributed by atoms with Gasteiger partial charge in [-0.1, -0.05) is 0 Å². The molecule has 0 saturated heterocycles. The van der Waals surface area contributed by atoms with Crippen molar-refractivity contribution in [1.29, 1.82) is 0 Å². The maximum atomic E-state index is 12.0. The Morgan fingerprint density at radius 1 is 1.17 bits per heavy atom. The first-order valence-corrected chi connectivity index (χ1v) is 5.47. The van der Waals surface area contributed by atoms with Gasteiger partial charge in [-0.15, -0.1) is 0 Å². The van der Waals surface area contributed by atoms with Crippen LogP contribution in [0.3, 0.4) is 0 Å². The molecule has 98 valence electrons. The fourth-order valence-corrected chi connectivity index (χ4v) is 1.70. The summed E-state index contributed by atoms with van der Waals surface area (Å²) in [7, 11) is 2.99. The lowest BCUT2D eigenvalue weighted by Crippen LogP contribution is -2.08. The summed E-state index contributed by atoms with van der Waals surface area (Å²) in [6.07, 6.45) is -0.230. The highest BCUT2D eigenvalue weighted by molar-refractivity contribution is 6.01. The Labute approximate surface area is 105 Å². The van der Waals surface area contributed by atoms with Crippen molar-refractivity contribution in [2.75, 3.05) is 14.2 Å². The molecule has 5 nitrogen and oxygen atoms in total. The number of carboxylic acids is 1. The number of aliphatic carboxylic acids is 1. The summed E-state index contributed by atoms with van der Waals surface area (Å²) in [6, 6.07) is 3.33. The van der Waals surface area contributed by atoms with Crippen LogP contribution in [0.4, 0.5) is 0 Å². The molecular weight excluding hydrogens is 236 g/mol. The molecule has 1 rings (SSSR count). The number of Topliss-reactive ketones (excluding diaryl/α,β-unsaturated/α-hetero) is 1. The van der Waals surface area contributed by atoms with E-state index in [1.165, 1.54) is 14.2 Å². The van der Waals surface area contributed by atoms with Crippen LogP contribution in [0.2, 0.25) is 0 Å². The van der Waals surface area contributed by atoms with E-state index in [4.69, 9.17) is 14.6 Å². The quantitative estimate of drug-likeness (QED) is 0.784. The van der Waals surface area contributed by atoms with Crippen LogP contribution in [0, 0.1) is 6.92 Å². The maximum absolute atomic E-state index is 12.0. The van der Waals surface area contributed by atoms with Gasteiger partial charge in [-0.3, -0.25) is 9.59 Å². The van der Waals surface area contributed by atoms with Gasteiger partial charge in [-0.25, -0.2) is 0 Å². The molecule has 0 aliphatic rings. The van der Waals surface area contributed by atoms with Crippen molar-refractivity contribution < 1.29 is 24.2 Å². The fourth-order valence-electron chi connectivity index (χ4n) is 1.70. The Kier molecular flexibility index (Phi) is 4.71. The molecule has 0 fully saturated rings. The van der Waals surface area contributed by atoms with Crippen molar-refractivity contribution in [3.05, 3.63) is 23.3 Å². The lowest BCUT2D eigenvalue weighted by molar-refractivity contribution is -0.136. The number of ketones is 1. The van der Waals surface area contributed by atoms with Crippen LogP contribution in [0.1, 0.15) is 28.8 Å². The molecule has 0 aliphatic heterocycles. The zero-order chi connectivity index (χ0) is 13.7. The largest absolute Gasteiger partial charge is 0.497 e. The monoisotopic (exact) mass is 252 g/mol. The Bertz CT molecular complexity index is 465. The van der Waals surface area contributed by atoms with Crippen LogP contribution in [-0.2, 0) is 4.79 Å². The van der Waals surface area contributed by atoms with Gasteiger partial charge in [-0.05, 0) is 18.6 Å². The van der Waals surface area contributed by atoms with E-state index in [0.29, 0.717) is 22.6 Å². The van der Waals surface area contributed by atoms with E-state index < -0.39 is 5.97 Å². The van der Waals surface area contributed by atoms with Gasteiger partial charge in [0.15, 0.2) is 5.78 Å². The van der Waals surface area contributed by atoms with Crippen LogP contribution in [-0.4, -0.2) is 31.1 Å². The average molecular weight is 252 g/mol. The summed E-state index contributed by atoms with van der Waals surface area (Å²) < 4.78 is 10.2. The molecule has 1 N–H and O–H groups in total. The maximum Gasteiger partial charge on any atom is 0.303 e. The molecule has 0 aromatic heterocycles. The third-order valence-corrected chi connectivity index (χ3v) is 2.57.